The second-order valence-electron chi connectivity index (χ2n) is 9.05. The van der Waals surface area contributed by atoms with E-state index in [1.165, 1.54) is 26.2 Å². The lowest BCUT2D eigenvalue weighted by Gasteiger charge is -2.38. The lowest BCUT2D eigenvalue weighted by atomic mass is 9.85. The van der Waals surface area contributed by atoms with E-state index in [9.17, 15) is 18.8 Å². The summed E-state index contributed by atoms with van der Waals surface area (Å²) in [6, 6.07) is 1.59. The molecule has 2 saturated heterocycles. The van der Waals surface area contributed by atoms with Crippen LogP contribution in [0.4, 0.5) is 10.1 Å². The number of rotatable bonds is 5. The number of nitrogens with one attached hydrogen (secondary N) is 2. The second-order valence-corrected chi connectivity index (χ2v) is 9.90. The van der Waals surface area contributed by atoms with Crippen LogP contribution in [-0.4, -0.2) is 60.6 Å². The minimum absolute atomic E-state index is 0.0686. The van der Waals surface area contributed by atoms with Crippen LogP contribution >= 0.6 is 15.9 Å². The fourth-order valence-electron chi connectivity index (χ4n) is 4.01. The largest absolute Gasteiger partial charge is 0.494 e. The van der Waals surface area contributed by atoms with Gasteiger partial charge in [-0.1, -0.05) is 20.8 Å². The van der Waals surface area contributed by atoms with Gasteiger partial charge in [0.1, 0.15) is 17.6 Å². The topological polar surface area (TPSA) is 97.0 Å². The summed E-state index contributed by atoms with van der Waals surface area (Å²) in [7, 11) is 1.38. The lowest BCUT2D eigenvalue weighted by molar-refractivity contribution is -0.150. The maximum atomic E-state index is 13.8. The molecule has 1 aromatic rings. The molecule has 10 heteroatoms. The average molecular weight is 500 g/mol. The van der Waals surface area contributed by atoms with E-state index in [2.05, 4.69) is 26.6 Å². The van der Waals surface area contributed by atoms with Crippen molar-refractivity contribution in [1.82, 2.24) is 10.2 Å². The van der Waals surface area contributed by atoms with Crippen molar-refractivity contribution >= 4 is 39.3 Å². The number of hydrogen-bond acceptors (Lipinski definition) is 5. The molecule has 170 valence electrons. The quantitative estimate of drug-likeness (QED) is 0.648. The Bertz CT molecular complexity index is 919. The molecule has 3 atom stereocenters. The zero-order chi connectivity index (χ0) is 23.1. The van der Waals surface area contributed by atoms with E-state index in [0.717, 1.165) is 0 Å². The summed E-state index contributed by atoms with van der Waals surface area (Å²) in [6.07, 6.45) is 0.339. The molecule has 0 spiro atoms. The number of morpholine rings is 1. The van der Waals surface area contributed by atoms with Crippen molar-refractivity contribution in [3.8, 4) is 5.75 Å². The smallest absolute Gasteiger partial charge is 0.258 e. The number of carbonyl (C=O) groups is 3. The van der Waals surface area contributed by atoms with Gasteiger partial charge in [0.2, 0.25) is 11.8 Å². The Kier molecular flexibility index (Phi) is 6.35. The van der Waals surface area contributed by atoms with Crippen molar-refractivity contribution in [3.05, 3.63) is 22.4 Å². The second kappa shape index (κ2) is 8.38. The van der Waals surface area contributed by atoms with Crippen LogP contribution in [0.3, 0.4) is 0 Å². The average Bonchev–Trinajstić information content (AvgIpc) is 3.27. The third-order valence-corrected chi connectivity index (χ3v) is 6.24. The molecule has 31 heavy (non-hydrogen) atoms. The lowest BCUT2D eigenvalue weighted by Crippen LogP contribution is -2.58. The van der Waals surface area contributed by atoms with Crippen molar-refractivity contribution in [2.75, 3.05) is 25.6 Å². The molecule has 8 nitrogen and oxygen atoms in total. The van der Waals surface area contributed by atoms with Crippen LogP contribution in [-0.2, 0) is 19.1 Å². The van der Waals surface area contributed by atoms with E-state index in [4.69, 9.17) is 9.47 Å². The van der Waals surface area contributed by atoms with Crippen LogP contribution in [0.1, 0.15) is 34.1 Å². The molecular formula is C21H27BrFN3O5. The molecule has 0 aliphatic carbocycles. The molecule has 2 aliphatic heterocycles. The molecular weight excluding hydrogens is 473 g/mol. The fraction of sp³-hybridized carbons (Fsp3) is 0.571. The number of fused-ring (bicyclic) bond motifs is 2. The number of halogens is 2. The first kappa shape index (κ1) is 23.5. The van der Waals surface area contributed by atoms with Gasteiger partial charge in [-0.15, -0.1) is 0 Å². The molecule has 3 amide bonds. The first-order valence-electron chi connectivity index (χ1n) is 9.94. The third-order valence-electron chi connectivity index (χ3n) is 5.63. The number of benzene rings is 1. The van der Waals surface area contributed by atoms with Gasteiger partial charge in [0.25, 0.3) is 5.91 Å². The first-order valence-corrected chi connectivity index (χ1v) is 10.7. The van der Waals surface area contributed by atoms with Gasteiger partial charge in [0, 0.05) is 19.4 Å². The molecule has 2 bridgehead atoms. The Morgan fingerprint density at radius 3 is 2.61 bits per heavy atom. The van der Waals surface area contributed by atoms with Crippen molar-refractivity contribution < 1.29 is 28.2 Å². The monoisotopic (exact) mass is 499 g/mol. The molecule has 2 fully saturated rings. The number of methoxy groups -OCH3 is 1. The maximum Gasteiger partial charge on any atom is 0.258 e. The van der Waals surface area contributed by atoms with E-state index in [1.54, 1.807) is 4.90 Å². The third kappa shape index (κ3) is 4.55. The number of nitrogens with zero attached hydrogens (tertiary/aromatic N) is 1. The molecule has 2 unspecified atom stereocenters. The Balaban J connectivity index is 1.81. The van der Waals surface area contributed by atoms with Crippen LogP contribution in [0.2, 0.25) is 0 Å². The molecule has 2 N–H and O–H groups in total. The summed E-state index contributed by atoms with van der Waals surface area (Å²) in [4.78, 5) is 39.7. The van der Waals surface area contributed by atoms with E-state index in [0.29, 0.717) is 6.42 Å². The Labute approximate surface area is 188 Å². The van der Waals surface area contributed by atoms with Crippen LogP contribution in [0.15, 0.2) is 16.6 Å². The number of ether oxygens (including phenoxy) is 2. The predicted octanol–water partition coefficient (Wildman–Crippen LogP) is 2.46. The van der Waals surface area contributed by atoms with E-state index >= 15 is 0 Å². The summed E-state index contributed by atoms with van der Waals surface area (Å²) in [5, 5.41) is 5.48. The van der Waals surface area contributed by atoms with Crippen LogP contribution < -0.4 is 15.4 Å². The highest BCUT2D eigenvalue weighted by Crippen LogP contribution is 2.41. The van der Waals surface area contributed by atoms with Gasteiger partial charge >= 0.3 is 0 Å². The molecule has 2 heterocycles. The fourth-order valence-corrected chi connectivity index (χ4v) is 4.35. The molecule has 0 radical (unpaired) electrons. The molecule has 3 rings (SSSR count). The Morgan fingerprint density at radius 1 is 1.35 bits per heavy atom. The zero-order valence-electron chi connectivity index (χ0n) is 18.2. The van der Waals surface area contributed by atoms with Crippen molar-refractivity contribution in [2.24, 2.45) is 5.41 Å². The summed E-state index contributed by atoms with van der Waals surface area (Å²) >= 11 is 3.10. The van der Waals surface area contributed by atoms with Crippen LogP contribution in [0, 0.1) is 11.2 Å². The molecule has 0 aromatic heterocycles. The maximum absolute atomic E-state index is 13.8. The Hall–Kier alpha value is -2.20. The van der Waals surface area contributed by atoms with Crippen molar-refractivity contribution in [1.29, 1.82) is 0 Å². The standard InChI is InChI=1S/C21H27BrFN3O5/c1-11(27)24-17(20(2,3)4)18(28)26-10-21(8-12(26)9-31-21)19(29)25-15-6-13(22)14(23)7-16(15)30-5/h6-7,12,17H,8-10H2,1-5H3,(H,24,27)(H,25,29)/t12?,17?,21-/m0/s1. The normalized spacial score (nSPS) is 23.5. The highest BCUT2D eigenvalue weighted by molar-refractivity contribution is 9.10. The molecule has 1 aromatic carbocycles. The summed E-state index contributed by atoms with van der Waals surface area (Å²) in [6.45, 7) is 7.28. The highest BCUT2D eigenvalue weighted by Gasteiger charge is 2.58. The van der Waals surface area contributed by atoms with E-state index < -0.39 is 28.8 Å². The predicted molar refractivity (Wildman–Crippen MR) is 115 cm³/mol. The number of likely N-dealkylation sites (tertiary alicyclic amines) is 1. The summed E-state index contributed by atoms with van der Waals surface area (Å²) < 4.78 is 24.9. The van der Waals surface area contributed by atoms with Gasteiger partial charge in [0.15, 0.2) is 5.60 Å². The van der Waals surface area contributed by atoms with Gasteiger partial charge < -0.3 is 25.0 Å². The van der Waals surface area contributed by atoms with Crippen LogP contribution in [0.25, 0.3) is 0 Å². The SMILES string of the molecule is COc1cc(F)c(Br)cc1NC(=O)[C@@]12CC(CO1)N(C(=O)C(NC(C)=O)C(C)(C)C)C2. The minimum Gasteiger partial charge on any atom is -0.494 e. The number of amides is 3. The number of anilines is 1. The first-order chi connectivity index (χ1) is 14.4. The van der Waals surface area contributed by atoms with Gasteiger partial charge in [-0.2, -0.15) is 0 Å². The Morgan fingerprint density at radius 2 is 2.03 bits per heavy atom. The van der Waals surface area contributed by atoms with Gasteiger partial charge in [0.05, 0.1) is 36.5 Å². The molecule has 2 aliphatic rings. The minimum atomic E-state index is -1.22. The zero-order valence-corrected chi connectivity index (χ0v) is 19.8. The molecule has 0 saturated carbocycles. The summed E-state index contributed by atoms with van der Waals surface area (Å²) in [5.41, 5.74) is -1.43. The van der Waals surface area contributed by atoms with Crippen LogP contribution in [0.5, 0.6) is 5.75 Å². The van der Waals surface area contributed by atoms with Crippen molar-refractivity contribution in [2.45, 2.75) is 51.8 Å². The van der Waals surface area contributed by atoms with E-state index in [1.807, 2.05) is 20.8 Å². The van der Waals surface area contributed by atoms with Gasteiger partial charge in [-0.25, -0.2) is 4.39 Å². The van der Waals surface area contributed by atoms with E-state index in [-0.39, 0.29) is 46.9 Å². The highest BCUT2D eigenvalue weighted by atomic mass is 79.9. The van der Waals surface area contributed by atoms with Crippen molar-refractivity contribution in [3.63, 3.8) is 0 Å². The van der Waals surface area contributed by atoms with Gasteiger partial charge in [-0.3, -0.25) is 14.4 Å². The van der Waals surface area contributed by atoms with Gasteiger partial charge in [-0.05, 0) is 27.4 Å². The number of carbonyl (C=O) groups excluding carboxylic acids is 3. The summed E-state index contributed by atoms with van der Waals surface area (Å²) in [5.74, 6) is -1.32. The number of hydrogen-bond donors (Lipinski definition) is 2.